The summed E-state index contributed by atoms with van der Waals surface area (Å²) >= 11 is -2.01. The van der Waals surface area contributed by atoms with Crippen molar-refractivity contribution in [3.05, 3.63) is 101 Å². The lowest BCUT2D eigenvalue weighted by Gasteiger charge is -2.15. The van der Waals surface area contributed by atoms with Crippen LogP contribution in [0.5, 0.6) is 11.5 Å². The number of hydrogen-bond donors (Lipinski definition) is 0. The first-order chi connectivity index (χ1) is 22.8. The van der Waals surface area contributed by atoms with Crippen molar-refractivity contribution in [2.75, 3.05) is 26.6 Å². The molecule has 1 atom stereocenters. The summed E-state index contributed by atoms with van der Waals surface area (Å²) in [5.41, 5.74) is 3.03. The minimum absolute atomic E-state index is 0.100. The Labute approximate surface area is 281 Å². The number of carbonyl (C=O) groups is 1. The van der Waals surface area contributed by atoms with Crippen LogP contribution in [0, 0.1) is 20.8 Å². The van der Waals surface area contributed by atoms with Gasteiger partial charge in [-0.15, -0.1) is 0 Å². The average Bonchev–Trinajstić information content (AvgIpc) is 3.46. The van der Waals surface area contributed by atoms with Crippen LogP contribution in [0.15, 0.2) is 87.9 Å². The Balaban J connectivity index is 1.46. The van der Waals surface area contributed by atoms with Gasteiger partial charge in [-0.1, -0.05) is 23.8 Å². The third-order valence-electron chi connectivity index (χ3n) is 7.59. The Morgan fingerprint density at radius 2 is 1.65 bits per heavy atom. The third-order valence-corrected chi connectivity index (χ3v) is 12.3. The van der Waals surface area contributed by atoms with E-state index in [1.807, 2.05) is 13.8 Å². The SMILES string of the molecule is COc1ccc2c(c1)nc([S+]([O-])Cc1ncc(C)c(OC)c1C)n2S(=O)(=O)c1cccc(C(=O)OCCS(=O)(=O)c2ccc(C)cc2)c1. The predicted octanol–water partition coefficient (Wildman–Crippen LogP) is 4.55. The predicted molar refractivity (Wildman–Crippen MR) is 179 cm³/mol. The van der Waals surface area contributed by atoms with Gasteiger partial charge in [0.15, 0.2) is 15.6 Å². The van der Waals surface area contributed by atoms with E-state index >= 15 is 0 Å². The zero-order valence-electron chi connectivity index (χ0n) is 26.8. The molecule has 1 unspecified atom stereocenters. The van der Waals surface area contributed by atoms with Crippen molar-refractivity contribution in [2.24, 2.45) is 0 Å². The van der Waals surface area contributed by atoms with Crippen molar-refractivity contribution in [3.63, 3.8) is 0 Å². The molecule has 5 aromatic rings. The quantitative estimate of drug-likeness (QED) is 0.132. The van der Waals surface area contributed by atoms with Gasteiger partial charge in [0.05, 0.1) is 52.1 Å². The van der Waals surface area contributed by atoms with Crippen LogP contribution in [0.1, 0.15) is 32.7 Å². The number of hydrogen-bond acceptors (Lipinski definition) is 11. The molecule has 0 fully saturated rings. The minimum Gasteiger partial charge on any atom is -0.609 e. The number of fused-ring (bicyclic) bond motifs is 1. The van der Waals surface area contributed by atoms with Gasteiger partial charge in [-0.2, -0.15) is 8.96 Å². The van der Waals surface area contributed by atoms with Crippen molar-refractivity contribution < 1.29 is 40.4 Å². The van der Waals surface area contributed by atoms with Crippen LogP contribution in [-0.4, -0.2) is 67.9 Å². The molecule has 252 valence electrons. The Kier molecular flexibility index (Phi) is 10.1. The Morgan fingerprint density at radius 1 is 0.917 bits per heavy atom. The molecule has 2 aromatic heterocycles. The van der Waals surface area contributed by atoms with E-state index in [4.69, 9.17) is 14.2 Å². The molecule has 2 heterocycles. The molecule has 0 saturated heterocycles. The first-order valence-corrected chi connectivity index (χ1v) is 18.9. The van der Waals surface area contributed by atoms with E-state index in [2.05, 4.69) is 9.97 Å². The zero-order chi connectivity index (χ0) is 34.8. The monoisotopic (exact) mass is 711 g/mol. The lowest BCUT2D eigenvalue weighted by molar-refractivity contribution is 0.0529. The van der Waals surface area contributed by atoms with Crippen LogP contribution in [0.4, 0.5) is 0 Å². The van der Waals surface area contributed by atoms with E-state index in [0.29, 0.717) is 22.8 Å². The highest BCUT2D eigenvalue weighted by Gasteiger charge is 2.33. The lowest BCUT2D eigenvalue weighted by Crippen LogP contribution is -2.21. The number of benzene rings is 3. The van der Waals surface area contributed by atoms with E-state index < -0.39 is 49.4 Å². The summed E-state index contributed by atoms with van der Waals surface area (Å²) < 4.78 is 84.6. The van der Waals surface area contributed by atoms with Gasteiger partial charge < -0.3 is 18.8 Å². The van der Waals surface area contributed by atoms with E-state index in [9.17, 15) is 26.2 Å². The van der Waals surface area contributed by atoms with Crippen molar-refractivity contribution in [1.82, 2.24) is 13.9 Å². The highest BCUT2D eigenvalue weighted by atomic mass is 32.2. The first-order valence-electron chi connectivity index (χ1n) is 14.5. The van der Waals surface area contributed by atoms with Gasteiger partial charge in [0.1, 0.15) is 18.1 Å². The topological polar surface area (TPSA) is 167 Å². The molecule has 5 rings (SSSR count). The maximum atomic E-state index is 14.2. The number of rotatable bonds is 12. The largest absolute Gasteiger partial charge is 0.609 e. The molecular formula is C33H33N3O9S3. The van der Waals surface area contributed by atoms with Crippen molar-refractivity contribution >= 4 is 48.0 Å². The maximum absolute atomic E-state index is 14.2. The van der Waals surface area contributed by atoms with Crippen molar-refractivity contribution in [2.45, 2.75) is 41.5 Å². The summed E-state index contributed by atoms with van der Waals surface area (Å²) in [5.74, 6) is -0.530. The van der Waals surface area contributed by atoms with Gasteiger partial charge in [0.25, 0.3) is 10.0 Å². The summed E-state index contributed by atoms with van der Waals surface area (Å²) in [6, 6.07) is 16.0. The Morgan fingerprint density at radius 3 is 2.33 bits per heavy atom. The normalized spacial score (nSPS) is 12.5. The molecule has 0 spiro atoms. The van der Waals surface area contributed by atoms with Crippen LogP contribution in [-0.2, 0) is 41.5 Å². The molecule has 15 heteroatoms. The summed E-state index contributed by atoms with van der Waals surface area (Å²) in [6.45, 7) is 5.00. The smallest absolute Gasteiger partial charge is 0.338 e. The van der Waals surface area contributed by atoms with E-state index in [1.165, 1.54) is 56.7 Å². The molecule has 0 aliphatic carbocycles. The number of aryl methyl sites for hydroxylation is 2. The maximum Gasteiger partial charge on any atom is 0.338 e. The molecule has 0 saturated carbocycles. The standard InChI is InChI=1S/C33H33N3O9S3/c1-21-9-12-26(13-10-21)47(39,40)16-15-45-32(37)24-7-6-8-27(17-24)48(41,42)36-30-14-11-25(43-4)18-28(30)35-33(36)46(38)20-29-23(3)31(44-5)22(2)19-34-29/h6-14,17-19H,15-16,20H2,1-5H3. The van der Waals surface area contributed by atoms with Crippen LogP contribution >= 0.6 is 0 Å². The molecule has 0 aliphatic rings. The first kappa shape index (κ1) is 34.9. The van der Waals surface area contributed by atoms with Crippen LogP contribution in [0.3, 0.4) is 0 Å². The highest BCUT2D eigenvalue weighted by molar-refractivity contribution is 7.93. The van der Waals surface area contributed by atoms with Crippen LogP contribution in [0.2, 0.25) is 0 Å². The van der Waals surface area contributed by atoms with Crippen LogP contribution < -0.4 is 9.47 Å². The minimum atomic E-state index is -4.51. The lowest BCUT2D eigenvalue weighted by atomic mass is 10.1. The fraction of sp³-hybridized carbons (Fsp3) is 0.242. The van der Waals surface area contributed by atoms with E-state index in [0.717, 1.165) is 21.2 Å². The summed E-state index contributed by atoms with van der Waals surface area (Å²) in [6.07, 6.45) is 1.59. The average molecular weight is 712 g/mol. The second kappa shape index (κ2) is 14.0. The zero-order valence-corrected chi connectivity index (χ0v) is 29.2. The molecule has 0 aliphatic heterocycles. The van der Waals surface area contributed by atoms with E-state index in [-0.39, 0.29) is 37.3 Å². The van der Waals surface area contributed by atoms with Gasteiger partial charge >= 0.3 is 11.1 Å². The number of pyridine rings is 1. The summed E-state index contributed by atoms with van der Waals surface area (Å²) in [4.78, 5) is 21.6. The van der Waals surface area contributed by atoms with Crippen molar-refractivity contribution in [1.29, 1.82) is 0 Å². The number of ether oxygens (including phenoxy) is 3. The molecular weight excluding hydrogens is 679 g/mol. The molecule has 0 N–H and O–H groups in total. The molecule has 0 radical (unpaired) electrons. The van der Waals surface area contributed by atoms with Gasteiger partial charge in [-0.25, -0.2) is 21.6 Å². The molecule has 48 heavy (non-hydrogen) atoms. The number of methoxy groups -OCH3 is 2. The number of aromatic nitrogens is 3. The molecule has 0 bridgehead atoms. The van der Waals surface area contributed by atoms with Crippen molar-refractivity contribution in [3.8, 4) is 11.5 Å². The summed E-state index contributed by atoms with van der Waals surface area (Å²) in [7, 11) is -5.25. The number of esters is 1. The second-order valence-electron chi connectivity index (χ2n) is 10.9. The van der Waals surface area contributed by atoms with Gasteiger partial charge in [0.2, 0.25) is 0 Å². The number of carbonyl (C=O) groups excluding carboxylic acids is 1. The fourth-order valence-corrected chi connectivity index (χ4v) is 9.19. The molecule has 3 aromatic carbocycles. The van der Waals surface area contributed by atoms with Gasteiger partial charge in [0, 0.05) is 34.6 Å². The van der Waals surface area contributed by atoms with Gasteiger partial charge in [-0.3, -0.25) is 4.98 Å². The molecule has 12 nitrogen and oxygen atoms in total. The van der Waals surface area contributed by atoms with Crippen LogP contribution in [0.25, 0.3) is 11.0 Å². The fourth-order valence-electron chi connectivity index (χ4n) is 5.00. The molecule has 0 amide bonds. The number of nitrogens with zero attached hydrogens (tertiary/aromatic N) is 3. The highest BCUT2D eigenvalue weighted by Crippen LogP contribution is 2.32. The second-order valence-corrected chi connectivity index (χ2v) is 16.1. The van der Waals surface area contributed by atoms with Gasteiger partial charge in [-0.05, 0) is 63.2 Å². The number of sulfone groups is 1. The number of imidazole rings is 1. The Hall–Kier alpha value is -4.44. The summed E-state index contributed by atoms with van der Waals surface area (Å²) in [5, 5.41) is -0.256. The third kappa shape index (κ3) is 7.04. The Bertz CT molecular complexity index is 2220. The van der Waals surface area contributed by atoms with E-state index in [1.54, 1.807) is 31.3 Å².